The van der Waals surface area contributed by atoms with Crippen molar-refractivity contribution in [2.24, 2.45) is 0 Å². The lowest BCUT2D eigenvalue weighted by molar-refractivity contribution is -0.0832. The topological polar surface area (TPSA) is 93.2 Å². The van der Waals surface area contributed by atoms with Crippen molar-refractivity contribution >= 4 is 11.4 Å². The lowest BCUT2D eigenvalue weighted by Gasteiger charge is -2.20. The van der Waals surface area contributed by atoms with Gasteiger partial charge in [-0.15, -0.1) is 0 Å². The van der Waals surface area contributed by atoms with Crippen LogP contribution >= 0.6 is 0 Å². The molecule has 3 atom stereocenters. The van der Waals surface area contributed by atoms with E-state index < -0.39 is 0 Å². The average Bonchev–Trinajstić information content (AvgIpc) is 2.80. The predicted octanol–water partition coefficient (Wildman–Crippen LogP) is 5.59. The summed E-state index contributed by atoms with van der Waals surface area (Å²) in [5.74, 6) is 0. The first-order valence-electron chi connectivity index (χ1n) is 10.3. The van der Waals surface area contributed by atoms with Gasteiger partial charge in [0.15, 0.2) is 9.95 Å². The maximum atomic E-state index is 8.70. The van der Waals surface area contributed by atoms with Crippen molar-refractivity contribution in [2.45, 2.75) is 52.3 Å². The predicted molar refractivity (Wildman–Crippen MR) is 117 cm³/mol. The molecular formula is C23H30N4O4+2. The molecule has 31 heavy (non-hydrogen) atoms. The van der Waals surface area contributed by atoms with E-state index in [1.54, 1.807) is 24.3 Å². The van der Waals surface area contributed by atoms with Crippen molar-refractivity contribution in [3.63, 3.8) is 0 Å². The second-order valence-electron chi connectivity index (χ2n) is 7.46. The highest BCUT2D eigenvalue weighted by Crippen LogP contribution is 2.14. The Bertz CT molecular complexity index is 859. The number of rotatable bonds is 13. The number of benzene rings is 2. The van der Waals surface area contributed by atoms with E-state index in [4.69, 9.17) is 29.7 Å². The quantitative estimate of drug-likeness (QED) is 0.388. The molecule has 0 amide bonds. The third-order valence-electron chi connectivity index (χ3n) is 4.49. The molecule has 3 unspecified atom stereocenters. The first-order chi connectivity index (χ1) is 15.0. The largest absolute Gasteiger partial charge is 0.385 e. The van der Waals surface area contributed by atoms with Gasteiger partial charge < -0.3 is 18.9 Å². The Balaban J connectivity index is 1.55. The second-order valence-corrected chi connectivity index (χ2v) is 7.46. The summed E-state index contributed by atoms with van der Waals surface area (Å²) in [5, 5.41) is 17.4. The zero-order valence-electron chi connectivity index (χ0n) is 18.3. The van der Waals surface area contributed by atoms with E-state index in [-0.39, 0.29) is 18.3 Å². The monoisotopic (exact) mass is 426 g/mol. The summed E-state index contributed by atoms with van der Waals surface area (Å²) in [5.41, 5.74) is 3.04. The number of hydrogen-bond acceptors (Lipinski definition) is 6. The summed E-state index contributed by atoms with van der Waals surface area (Å²) in [7, 11) is 0. The summed E-state index contributed by atoms with van der Waals surface area (Å²) < 4.78 is 23.1. The van der Waals surface area contributed by atoms with Crippen LogP contribution in [0, 0.1) is 10.8 Å². The van der Waals surface area contributed by atoms with Crippen LogP contribution in [0.4, 0.5) is 11.4 Å². The Hall–Kier alpha value is -2.88. The Morgan fingerprint density at radius 3 is 1.52 bits per heavy atom. The first-order valence-corrected chi connectivity index (χ1v) is 10.3. The van der Waals surface area contributed by atoms with E-state index >= 15 is 0 Å². The third kappa shape index (κ3) is 9.65. The molecule has 0 spiro atoms. The Kier molecular flexibility index (Phi) is 10.6. The van der Waals surface area contributed by atoms with Crippen molar-refractivity contribution in [1.82, 2.24) is 0 Å². The van der Waals surface area contributed by atoms with Gasteiger partial charge in [0.05, 0.1) is 51.3 Å². The summed E-state index contributed by atoms with van der Waals surface area (Å²) in [6.07, 6.45) is -0.177. The number of diazo groups is 2. The number of nitrogens with zero attached hydrogens (tertiary/aromatic N) is 4. The Labute approximate surface area is 183 Å². The van der Waals surface area contributed by atoms with Crippen LogP contribution in [0.25, 0.3) is 9.95 Å². The van der Waals surface area contributed by atoms with Crippen LogP contribution in [0.5, 0.6) is 0 Å². The molecule has 8 nitrogen and oxygen atoms in total. The van der Waals surface area contributed by atoms with Gasteiger partial charge in [0.1, 0.15) is 0 Å². The van der Waals surface area contributed by atoms with E-state index in [1.807, 2.05) is 45.0 Å². The zero-order chi connectivity index (χ0) is 22.5. The van der Waals surface area contributed by atoms with Gasteiger partial charge in [-0.1, -0.05) is 0 Å². The van der Waals surface area contributed by atoms with Gasteiger partial charge >= 0.3 is 11.4 Å². The molecule has 0 saturated heterocycles. The van der Waals surface area contributed by atoms with Gasteiger partial charge in [-0.2, -0.15) is 0 Å². The normalized spacial score (nSPS) is 13.7. The fourth-order valence-electron chi connectivity index (χ4n) is 2.64. The Morgan fingerprint density at radius 2 is 1.03 bits per heavy atom. The molecule has 0 heterocycles. The van der Waals surface area contributed by atoms with Crippen LogP contribution in [0.15, 0.2) is 48.5 Å². The molecule has 2 aromatic carbocycles. The van der Waals surface area contributed by atoms with Gasteiger partial charge in [0, 0.05) is 24.3 Å². The first kappa shape index (κ1) is 24.4. The van der Waals surface area contributed by atoms with Crippen LogP contribution in [0.2, 0.25) is 0 Å². The molecule has 8 heteroatoms. The van der Waals surface area contributed by atoms with E-state index in [1.165, 1.54) is 0 Å². The fourth-order valence-corrected chi connectivity index (χ4v) is 2.64. The number of ether oxygens (including phenoxy) is 4. The highest BCUT2D eigenvalue weighted by molar-refractivity contribution is 5.45. The standard InChI is InChI=1S/C23H30N4O4/c1-17(12-28-15-20-4-8-22(26-24)9-5-20)29-13-18(2)30-14-19(3)31-16-21-6-10-23(27-25)11-7-21/h4-11,17-19H,12-16H2,1-3H3/q+2. The minimum atomic E-state index is -0.0614. The second kappa shape index (κ2) is 13.4. The maximum absolute atomic E-state index is 8.70. The minimum Gasteiger partial charge on any atom is -0.374 e. The minimum absolute atomic E-state index is 0.0555. The fraction of sp³-hybridized carbons (Fsp3) is 0.478. The summed E-state index contributed by atoms with van der Waals surface area (Å²) in [6, 6.07) is 14.4. The molecule has 0 aromatic heterocycles. The lowest BCUT2D eigenvalue weighted by Crippen LogP contribution is -2.26. The van der Waals surface area contributed by atoms with Crippen molar-refractivity contribution in [3.05, 3.63) is 69.6 Å². The lowest BCUT2D eigenvalue weighted by atomic mass is 10.2. The van der Waals surface area contributed by atoms with Crippen molar-refractivity contribution in [1.29, 1.82) is 10.8 Å². The molecule has 0 saturated carbocycles. The molecule has 164 valence electrons. The zero-order valence-corrected chi connectivity index (χ0v) is 18.3. The Morgan fingerprint density at radius 1 is 0.613 bits per heavy atom. The molecule has 0 aliphatic rings. The van der Waals surface area contributed by atoms with E-state index in [2.05, 4.69) is 9.95 Å². The van der Waals surface area contributed by atoms with Crippen molar-refractivity contribution in [3.8, 4) is 0 Å². The van der Waals surface area contributed by atoms with E-state index in [9.17, 15) is 0 Å². The van der Waals surface area contributed by atoms with E-state index in [0.717, 1.165) is 11.1 Å². The van der Waals surface area contributed by atoms with Crippen LogP contribution in [-0.2, 0) is 32.2 Å². The van der Waals surface area contributed by atoms with Gasteiger partial charge in [0.25, 0.3) is 0 Å². The van der Waals surface area contributed by atoms with Gasteiger partial charge in [-0.3, -0.25) is 0 Å². The van der Waals surface area contributed by atoms with Gasteiger partial charge in [-0.25, -0.2) is 0 Å². The highest BCUT2D eigenvalue weighted by atomic mass is 16.6. The highest BCUT2D eigenvalue weighted by Gasteiger charge is 2.11. The molecule has 0 aliphatic heterocycles. The molecule has 2 aromatic rings. The SMILES string of the molecule is CC(COCc1ccc([N+]#N)cc1)OCC(C)OCC(C)OCc1ccc([N+]#N)cc1. The van der Waals surface area contributed by atoms with Crippen molar-refractivity contribution < 1.29 is 18.9 Å². The van der Waals surface area contributed by atoms with Crippen LogP contribution < -0.4 is 0 Å². The summed E-state index contributed by atoms with van der Waals surface area (Å²) in [4.78, 5) is 6.26. The molecule has 0 radical (unpaired) electrons. The maximum Gasteiger partial charge on any atom is 0.385 e. The van der Waals surface area contributed by atoms with Gasteiger partial charge in [0.2, 0.25) is 10.8 Å². The molecule has 0 aliphatic carbocycles. The molecule has 0 fully saturated rings. The van der Waals surface area contributed by atoms with Crippen LogP contribution in [-0.4, -0.2) is 38.1 Å². The third-order valence-corrected chi connectivity index (χ3v) is 4.49. The smallest absolute Gasteiger partial charge is 0.374 e. The van der Waals surface area contributed by atoms with E-state index in [0.29, 0.717) is 44.4 Å². The molecule has 0 N–H and O–H groups in total. The molecule has 2 rings (SSSR count). The van der Waals surface area contributed by atoms with Crippen molar-refractivity contribution in [2.75, 3.05) is 19.8 Å². The molecular weight excluding hydrogens is 396 g/mol. The summed E-state index contributed by atoms with van der Waals surface area (Å²) in [6.45, 7) is 8.23. The molecule has 0 bridgehead atoms. The van der Waals surface area contributed by atoms with Crippen LogP contribution in [0.1, 0.15) is 31.9 Å². The van der Waals surface area contributed by atoms with Gasteiger partial charge in [-0.05, 0) is 56.2 Å². The summed E-state index contributed by atoms with van der Waals surface area (Å²) >= 11 is 0. The average molecular weight is 427 g/mol. The number of hydrogen-bond donors (Lipinski definition) is 0. The van der Waals surface area contributed by atoms with Crippen LogP contribution in [0.3, 0.4) is 0 Å².